The maximum atomic E-state index is 14.7. The summed E-state index contributed by atoms with van der Waals surface area (Å²) in [5.74, 6) is -0.698. The number of nitrogens with one attached hydrogen (secondary N) is 1. The molecule has 1 aromatic heterocycles. The highest BCUT2D eigenvalue weighted by atomic mass is 35.5. The summed E-state index contributed by atoms with van der Waals surface area (Å²) in [6.07, 6.45) is 0.300. The van der Waals surface area contributed by atoms with Crippen molar-refractivity contribution in [1.82, 2.24) is 14.8 Å². The number of aryl methyl sites for hydroxylation is 1. The second-order valence-electron chi connectivity index (χ2n) is 9.01. The van der Waals surface area contributed by atoms with E-state index in [1.807, 2.05) is 31.2 Å². The molecule has 0 radical (unpaired) electrons. The van der Waals surface area contributed by atoms with Crippen LogP contribution in [0.1, 0.15) is 40.0 Å². The van der Waals surface area contributed by atoms with Crippen molar-refractivity contribution in [2.24, 2.45) is 0 Å². The largest absolute Gasteiger partial charge is 0.479 e. The summed E-state index contributed by atoms with van der Waals surface area (Å²) in [5, 5.41) is 23.0. The van der Waals surface area contributed by atoms with Gasteiger partial charge >= 0.3 is 6.01 Å². The molecule has 0 unspecified atom stereocenters. The standard InChI is InChI=1S/C26H19Cl2FN4O2/c1-13-5-7-17(29)11-18(13)23-26(19-8-6-16(28)10-21(19)30-24(26)34)20(14-3-2-4-15(27)9-14)12-22-31-32-25(35)33(22)23/h2-11,20,23H,12H2,1H3,(H,30,34)(H,32,35)/t20-,23+,26-/m0/s1. The molecule has 0 saturated heterocycles. The van der Waals surface area contributed by atoms with Gasteiger partial charge in [0.05, 0.1) is 6.04 Å². The first-order valence-electron chi connectivity index (χ1n) is 11.1. The summed E-state index contributed by atoms with van der Waals surface area (Å²) in [4.78, 5) is 14.2. The molecule has 1 amide bonds. The van der Waals surface area contributed by atoms with E-state index in [0.717, 1.165) is 11.1 Å². The van der Waals surface area contributed by atoms with E-state index >= 15 is 0 Å². The Balaban J connectivity index is 1.76. The van der Waals surface area contributed by atoms with E-state index in [1.165, 1.54) is 12.1 Å². The van der Waals surface area contributed by atoms with Crippen molar-refractivity contribution in [3.63, 3.8) is 0 Å². The van der Waals surface area contributed by atoms with Crippen molar-refractivity contribution in [1.29, 1.82) is 0 Å². The van der Waals surface area contributed by atoms with Gasteiger partial charge in [-0.1, -0.05) is 52.6 Å². The first kappa shape index (κ1) is 22.1. The summed E-state index contributed by atoms with van der Waals surface area (Å²) < 4.78 is 16.2. The third-order valence-electron chi connectivity index (χ3n) is 7.21. The SMILES string of the molecule is Cc1ccc(F)cc1[C@H]1n2c(O)nnc2C[C@@H](c2cccc(Cl)c2)[C@]12C(=O)Nc1cc(Cl)ccc12. The molecule has 9 heteroatoms. The van der Waals surface area contributed by atoms with Crippen molar-refractivity contribution in [2.75, 3.05) is 5.32 Å². The van der Waals surface area contributed by atoms with Gasteiger partial charge in [0.15, 0.2) is 0 Å². The number of carbonyl (C=O) groups excluding carboxylic acids is 1. The number of amides is 1. The van der Waals surface area contributed by atoms with Crippen LogP contribution in [0.4, 0.5) is 10.1 Å². The molecule has 0 bridgehead atoms. The second-order valence-corrected chi connectivity index (χ2v) is 9.89. The van der Waals surface area contributed by atoms with Crippen molar-refractivity contribution in [2.45, 2.75) is 30.7 Å². The van der Waals surface area contributed by atoms with Crippen LogP contribution in [0.3, 0.4) is 0 Å². The topological polar surface area (TPSA) is 80.0 Å². The zero-order chi connectivity index (χ0) is 24.5. The van der Waals surface area contributed by atoms with Gasteiger partial charge in [-0.2, -0.15) is 0 Å². The number of halogens is 3. The molecule has 6 nitrogen and oxygen atoms in total. The van der Waals surface area contributed by atoms with Crippen molar-refractivity contribution in [3.05, 3.63) is 105 Å². The average molecular weight is 509 g/mol. The van der Waals surface area contributed by atoms with E-state index in [9.17, 15) is 14.3 Å². The van der Waals surface area contributed by atoms with Crippen molar-refractivity contribution >= 4 is 34.8 Å². The molecule has 2 aliphatic rings. The second kappa shape index (κ2) is 7.80. The summed E-state index contributed by atoms with van der Waals surface area (Å²) in [7, 11) is 0. The Kier molecular flexibility index (Phi) is 4.92. The Morgan fingerprint density at radius 1 is 1.09 bits per heavy atom. The zero-order valence-corrected chi connectivity index (χ0v) is 20.0. The van der Waals surface area contributed by atoms with E-state index in [1.54, 1.807) is 28.8 Å². The summed E-state index contributed by atoms with van der Waals surface area (Å²) >= 11 is 12.7. The molecule has 0 aliphatic carbocycles. The first-order chi connectivity index (χ1) is 16.8. The van der Waals surface area contributed by atoms with Crippen LogP contribution >= 0.6 is 23.2 Å². The Labute approximate surface area is 210 Å². The molecule has 0 fully saturated rings. The van der Waals surface area contributed by atoms with Crippen LogP contribution in [0.5, 0.6) is 6.01 Å². The molecule has 2 aliphatic heterocycles. The quantitative estimate of drug-likeness (QED) is 0.371. The predicted octanol–water partition coefficient (Wildman–Crippen LogP) is 5.56. The van der Waals surface area contributed by atoms with Crippen LogP contribution < -0.4 is 5.32 Å². The number of aromatic hydroxyl groups is 1. The van der Waals surface area contributed by atoms with Gasteiger partial charge in [0.25, 0.3) is 0 Å². The number of nitrogens with zero attached hydrogens (tertiary/aromatic N) is 3. The number of rotatable bonds is 2. The summed E-state index contributed by atoms with van der Waals surface area (Å²) in [5.41, 5.74) is 2.12. The molecule has 6 rings (SSSR count). The number of hydrogen-bond acceptors (Lipinski definition) is 4. The first-order valence-corrected chi connectivity index (χ1v) is 11.8. The van der Waals surface area contributed by atoms with Crippen LogP contribution in [0.2, 0.25) is 10.0 Å². The average Bonchev–Trinajstić information content (AvgIpc) is 3.32. The highest BCUT2D eigenvalue weighted by Crippen LogP contribution is 2.60. The fourth-order valence-electron chi connectivity index (χ4n) is 5.80. The number of aromatic nitrogens is 3. The number of anilines is 1. The molecule has 3 heterocycles. The van der Waals surface area contributed by atoms with E-state index < -0.39 is 23.2 Å². The van der Waals surface area contributed by atoms with Gasteiger partial charge in [0.1, 0.15) is 17.1 Å². The molecule has 1 spiro atoms. The minimum Gasteiger partial charge on any atom is -0.479 e. The lowest BCUT2D eigenvalue weighted by Crippen LogP contribution is -2.52. The van der Waals surface area contributed by atoms with E-state index in [2.05, 4.69) is 15.5 Å². The number of fused-ring (bicyclic) bond motifs is 3. The molecular weight excluding hydrogens is 490 g/mol. The molecule has 3 aromatic carbocycles. The van der Waals surface area contributed by atoms with Crippen molar-refractivity contribution in [3.8, 4) is 6.01 Å². The van der Waals surface area contributed by atoms with Gasteiger partial charge < -0.3 is 10.4 Å². The molecule has 4 aromatic rings. The molecule has 35 heavy (non-hydrogen) atoms. The van der Waals surface area contributed by atoms with E-state index in [4.69, 9.17) is 23.2 Å². The van der Waals surface area contributed by atoms with E-state index in [0.29, 0.717) is 39.1 Å². The minimum atomic E-state index is -1.28. The Morgan fingerprint density at radius 3 is 2.69 bits per heavy atom. The molecular formula is C26H19Cl2FN4O2. The minimum absolute atomic E-state index is 0.285. The maximum absolute atomic E-state index is 14.7. The zero-order valence-electron chi connectivity index (χ0n) is 18.5. The lowest BCUT2D eigenvalue weighted by molar-refractivity contribution is -0.123. The highest BCUT2D eigenvalue weighted by Gasteiger charge is 2.62. The lowest BCUT2D eigenvalue weighted by Gasteiger charge is -2.47. The normalized spacial score (nSPS) is 22.7. The predicted molar refractivity (Wildman–Crippen MR) is 131 cm³/mol. The number of hydrogen-bond donors (Lipinski definition) is 2. The van der Waals surface area contributed by atoms with Gasteiger partial charge in [0.2, 0.25) is 5.91 Å². The van der Waals surface area contributed by atoms with Crippen LogP contribution in [-0.2, 0) is 16.6 Å². The van der Waals surface area contributed by atoms with Gasteiger partial charge in [-0.05, 0) is 65.6 Å². The van der Waals surface area contributed by atoms with Gasteiger partial charge in [-0.15, -0.1) is 5.10 Å². The maximum Gasteiger partial charge on any atom is 0.315 e. The fourth-order valence-corrected chi connectivity index (χ4v) is 6.17. The van der Waals surface area contributed by atoms with Crippen LogP contribution in [0.25, 0.3) is 0 Å². The van der Waals surface area contributed by atoms with E-state index in [-0.39, 0.29) is 11.9 Å². The van der Waals surface area contributed by atoms with Crippen LogP contribution in [-0.4, -0.2) is 25.8 Å². The van der Waals surface area contributed by atoms with Gasteiger partial charge in [0, 0.05) is 28.1 Å². The highest BCUT2D eigenvalue weighted by molar-refractivity contribution is 6.31. The molecule has 3 atom stereocenters. The smallest absolute Gasteiger partial charge is 0.315 e. The van der Waals surface area contributed by atoms with Crippen molar-refractivity contribution < 1.29 is 14.3 Å². The van der Waals surface area contributed by atoms with Gasteiger partial charge in [-0.25, -0.2) is 4.39 Å². The Morgan fingerprint density at radius 2 is 1.89 bits per heavy atom. The molecule has 176 valence electrons. The summed E-state index contributed by atoms with van der Waals surface area (Å²) in [6.45, 7) is 1.85. The number of benzene rings is 3. The fraction of sp³-hybridized carbons (Fsp3) is 0.192. The summed E-state index contributed by atoms with van der Waals surface area (Å²) in [6, 6.07) is 15.9. The number of carbonyl (C=O) groups is 1. The molecule has 2 N–H and O–H groups in total. The van der Waals surface area contributed by atoms with Gasteiger partial charge in [-0.3, -0.25) is 9.36 Å². The monoisotopic (exact) mass is 508 g/mol. The Hall–Kier alpha value is -3.42. The molecule has 0 saturated carbocycles. The third-order valence-corrected chi connectivity index (χ3v) is 7.68. The van der Waals surface area contributed by atoms with Crippen LogP contribution in [0, 0.1) is 12.7 Å². The third kappa shape index (κ3) is 3.11. The Bertz CT molecular complexity index is 1520. The lowest BCUT2D eigenvalue weighted by atomic mass is 9.59. The van der Waals surface area contributed by atoms with Crippen LogP contribution in [0.15, 0.2) is 60.7 Å².